The van der Waals surface area contributed by atoms with E-state index >= 15 is 0 Å². The minimum absolute atomic E-state index is 0.0975. The van der Waals surface area contributed by atoms with Crippen LogP contribution in [-0.4, -0.2) is 37.1 Å². The van der Waals surface area contributed by atoms with Crippen LogP contribution in [-0.2, 0) is 11.8 Å². The van der Waals surface area contributed by atoms with Crippen LogP contribution in [0.1, 0.15) is 35.2 Å². The summed E-state index contributed by atoms with van der Waals surface area (Å²) in [5, 5.41) is 0.705. The molecule has 0 saturated heterocycles. The monoisotopic (exact) mass is 359 g/mol. The third-order valence-corrected chi connectivity index (χ3v) is 4.94. The number of thiazole rings is 1. The first-order valence-electron chi connectivity index (χ1n) is 7.78. The van der Waals surface area contributed by atoms with Gasteiger partial charge in [0.25, 0.3) is 0 Å². The Morgan fingerprint density at radius 3 is 2.80 bits per heavy atom. The van der Waals surface area contributed by atoms with Crippen LogP contribution in [0.3, 0.4) is 0 Å². The highest BCUT2D eigenvalue weighted by Gasteiger charge is 2.25. The van der Waals surface area contributed by atoms with Crippen molar-refractivity contribution in [1.29, 1.82) is 0 Å². The minimum Gasteiger partial charge on any atom is -0.276 e. The van der Waals surface area contributed by atoms with Crippen LogP contribution in [0.4, 0.5) is 4.39 Å². The number of nitrogens with zero attached hydrogens (tertiary/aromatic N) is 5. The van der Waals surface area contributed by atoms with Crippen molar-refractivity contribution in [3.63, 3.8) is 0 Å². The van der Waals surface area contributed by atoms with E-state index in [2.05, 4.69) is 19.9 Å². The number of alkyl halides is 1. The number of carbonyl (C=O) groups excluding carboxylic acids is 1. The molecule has 0 bridgehead atoms. The highest BCUT2D eigenvalue weighted by Crippen LogP contribution is 2.30. The second kappa shape index (κ2) is 6.79. The van der Waals surface area contributed by atoms with Gasteiger partial charge in [0.2, 0.25) is 5.91 Å². The van der Waals surface area contributed by atoms with Gasteiger partial charge in [0, 0.05) is 18.6 Å². The summed E-state index contributed by atoms with van der Waals surface area (Å²) < 4.78 is 14.7. The molecule has 0 amide bonds. The van der Waals surface area contributed by atoms with Crippen LogP contribution in [0.15, 0.2) is 31.0 Å². The molecule has 0 atom stereocenters. The molecule has 0 aliphatic carbocycles. The molecule has 6 nitrogen and oxygen atoms in total. The van der Waals surface area contributed by atoms with Crippen LogP contribution in [0, 0.1) is 6.92 Å². The SMILES string of the molecule is Cc1nc(CC(=O)n2ccnc2)sc1-c1ccnc(C(C)(C)CF)n1. The predicted molar refractivity (Wildman–Crippen MR) is 93.4 cm³/mol. The summed E-state index contributed by atoms with van der Waals surface area (Å²) in [5.74, 6) is 0.357. The Bertz CT molecular complexity index is 888. The summed E-state index contributed by atoms with van der Waals surface area (Å²) in [6.07, 6.45) is 6.46. The van der Waals surface area contributed by atoms with E-state index in [1.165, 1.54) is 22.2 Å². The summed E-state index contributed by atoms with van der Waals surface area (Å²) in [5.41, 5.74) is 0.749. The molecule has 0 aliphatic heterocycles. The standard InChI is InChI=1S/C17H18FN5OS/c1-11-15(12-4-5-20-16(22-12)17(2,3)9-18)25-13(21-11)8-14(24)23-7-6-19-10-23/h4-7,10H,8-9H2,1-3H3. The van der Waals surface area contributed by atoms with Gasteiger partial charge in [-0.15, -0.1) is 11.3 Å². The Hall–Kier alpha value is -2.48. The molecule has 0 radical (unpaired) electrons. The van der Waals surface area contributed by atoms with Crippen LogP contribution < -0.4 is 0 Å². The molecule has 3 aromatic heterocycles. The minimum atomic E-state index is -0.741. The molecule has 0 aliphatic rings. The van der Waals surface area contributed by atoms with Gasteiger partial charge in [-0.1, -0.05) is 13.8 Å². The Labute approximate surface area is 148 Å². The van der Waals surface area contributed by atoms with Crippen LogP contribution in [0.5, 0.6) is 0 Å². The quantitative estimate of drug-likeness (QED) is 0.699. The van der Waals surface area contributed by atoms with Gasteiger partial charge in [0.1, 0.15) is 23.8 Å². The van der Waals surface area contributed by atoms with Crippen molar-refractivity contribution >= 4 is 17.2 Å². The largest absolute Gasteiger partial charge is 0.276 e. The first-order valence-corrected chi connectivity index (χ1v) is 8.59. The molecule has 0 unspecified atom stereocenters. The van der Waals surface area contributed by atoms with Crippen molar-refractivity contribution < 1.29 is 9.18 Å². The first kappa shape index (κ1) is 17.3. The number of carbonyl (C=O) groups is 1. The van der Waals surface area contributed by atoms with Crippen molar-refractivity contribution in [2.45, 2.75) is 32.6 Å². The van der Waals surface area contributed by atoms with Crippen molar-refractivity contribution in [2.24, 2.45) is 0 Å². The van der Waals surface area contributed by atoms with Crippen molar-refractivity contribution in [3.05, 3.63) is 47.5 Å². The second-order valence-electron chi connectivity index (χ2n) is 6.35. The summed E-state index contributed by atoms with van der Waals surface area (Å²) in [6.45, 7) is 4.86. The van der Waals surface area contributed by atoms with E-state index in [1.54, 1.807) is 38.5 Å². The Kier molecular flexibility index (Phi) is 4.71. The average Bonchev–Trinajstić information content (AvgIpc) is 3.25. The number of hydrogen-bond donors (Lipinski definition) is 0. The normalized spacial score (nSPS) is 11.7. The van der Waals surface area contributed by atoms with E-state index in [0.29, 0.717) is 16.5 Å². The smallest absolute Gasteiger partial charge is 0.238 e. The molecule has 0 aromatic carbocycles. The van der Waals surface area contributed by atoms with Gasteiger partial charge < -0.3 is 0 Å². The summed E-state index contributed by atoms with van der Waals surface area (Å²) >= 11 is 1.42. The second-order valence-corrected chi connectivity index (χ2v) is 7.43. The lowest BCUT2D eigenvalue weighted by Gasteiger charge is -2.18. The van der Waals surface area contributed by atoms with E-state index in [0.717, 1.165) is 10.6 Å². The number of rotatable bonds is 5. The fourth-order valence-electron chi connectivity index (χ4n) is 2.26. The molecule has 3 rings (SSSR count). The fourth-order valence-corrected chi connectivity index (χ4v) is 3.29. The Morgan fingerprint density at radius 1 is 1.32 bits per heavy atom. The average molecular weight is 359 g/mol. The van der Waals surface area contributed by atoms with E-state index in [1.807, 2.05) is 6.92 Å². The lowest BCUT2D eigenvalue weighted by atomic mass is 9.94. The molecule has 25 heavy (non-hydrogen) atoms. The molecule has 0 spiro atoms. The molecule has 130 valence electrons. The van der Waals surface area contributed by atoms with Crippen molar-refractivity contribution in [1.82, 2.24) is 24.5 Å². The zero-order valence-corrected chi connectivity index (χ0v) is 15.0. The lowest BCUT2D eigenvalue weighted by Crippen LogP contribution is -2.23. The highest BCUT2D eigenvalue weighted by molar-refractivity contribution is 7.15. The number of hydrogen-bond acceptors (Lipinski definition) is 6. The number of aryl methyl sites for hydroxylation is 1. The topological polar surface area (TPSA) is 73.6 Å². The van der Waals surface area contributed by atoms with E-state index in [9.17, 15) is 9.18 Å². The van der Waals surface area contributed by atoms with Gasteiger partial charge >= 0.3 is 0 Å². The van der Waals surface area contributed by atoms with Gasteiger partial charge in [-0.3, -0.25) is 13.8 Å². The molecule has 3 aromatic rings. The highest BCUT2D eigenvalue weighted by atomic mass is 32.1. The number of halogens is 1. The third-order valence-electron chi connectivity index (χ3n) is 3.76. The molecular formula is C17H18FN5OS. The van der Waals surface area contributed by atoms with Gasteiger partial charge in [-0.25, -0.2) is 19.9 Å². The van der Waals surface area contributed by atoms with Crippen molar-refractivity contribution in [3.8, 4) is 10.6 Å². The van der Waals surface area contributed by atoms with Crippen molar-refractivity contribution in [2.75, 3.05) is 6.67 Å². The number of imidazole rings is 1. The molecule has 8 heteroatoms. The van der Waals surface area contributed by atoms with Crippen LogP contribution in [0.25, 0.3) is 10.6 Å². The van der Waals surface area contributed by atoms with Crippen LogP contribution in [0.2, 0.25) is 0 Å². The maximum Gasteiger partial charge on any atom is 0.238 e. The number of aromatic nitrogens is 5. The van der Waals surface area contributed by atoms with E-state index in [4.69, 9.17) is 0 Å². The van der Waals surface area contributed by atoms with Gasteiger partial charge in [-0.05, 0) is 13.0 Å². The Morgan fingerprint density at radius 2 is 2.12 bits per heavy atom. The zero-order valence-electron chi connectivity index (χ0n) is 14.2. The van der Waals surface area contributed by atoms with E-state index < -0.39 is 12.1 Å². The van der Waals surface area contributed by atoms with Gasteiger partial charge in [-0.2, -0.15) is 0 Å². The summed E-state index contributed by atoms with van der Waals surface area (Å²) in [7, 11) is 0. The summed E-state index contributed by atoms with van der Waals surface area (Å²) in [6, 6.07) is 1.78. The predicted octanol–water partition coefficient (Wildman–Crippen LogP) is 3.24. The molecular weight excluding hydrogens is 341 g/mol. The third kappa shape index (κ3) is 3.63. The van der Waals surface area contributed by atoms with E-state index in [-0.39, 0.29) is 12.3 Å². The zero-order chi connectivity index (χ0) is 18.0. The maximum atomic E-state index is 13.2. The molecule has 0 fully saturated rings. The molecule has 0 saturated carbocycles. The molecule has 0 N–H and O–H groups in total. The van der Waals surface area contributed by atoms with Gasteiger partial charge in [0.05, 0.1) is 28.1 Å². The van der Waals surface area contributed by atoms with Gasteiger partial charge in [0.15, 0.2) is 0 Å². The maximum absolute atomic E-state index is 13.2. The van der Waals surface area contributed by atoms with Crippen LogP contribution >= 0.6 is 11.3 Å². The lowest BCUT2D eigenvalue weighted by molar-refractivity contribution is 0.0914. The fraction of sp³-hybridized carbons (Fsp3) is 0.353. The first-order chi connectivity index (χ1) is 11.9. The summed E-state index contributed by atoms with van der Waals surface area (Å²) in [4.78, 5) is 30.1. The Balaban J connectivity index is 1.88. The molecule has 3 heterocycles.